The lowest BCUT2D eigenvalue weighted by molar-refractivity contribution is -0.118. The Bertz CT molecular complexity index is 898. The van der Waals surface area contributed by atoms with Crippen LogP contribution in [0.25, 0.3) is 5.69 Å². The Hall–Kier alpha value is -3.07. The highest BCUT2D eigenvalue weighted by Crippen LogP contribution is 2.21. The summed E-state index contributed by atoms with van der Waals surface area (Å²) < 4.78 is 12.2. The summed E-state index contributed by atoms with van der Waals surface area (Å²) in [4.78, 5) is 16.3. The number of nitrogens with one attached hydrogen (secondary N) is 1. The molecule has 0 bridgehead atoms. The summed E-state index contributed by atoms with van der Waals surface area (Å²) in [6.45, 7) is 0.349. The number of amides is 1. The Morgan fingerprint density at radius 3 is 2.74 bits per heavy atom. The second kappa shape index (κ2) is 9.04. The molecule has 3 rings (SSSR count). The Kier molecular flexibility index (Phi) is 6.26. The van der Waals surface area contributed by atoms with Crippen LogP contribution in [0.3, 0.4) is 0 Å². The van der Waals surface area contributed by atoms with Gasteiger partial charge >= 0.3 is 0 Å². The molecule has 0 unspecified atom stereocenters. The fraction of sp³-hybridized carbons (Fsp3) is 0.222. The van der Waals surface area contributed by atoms with E-state index in [4.69, 9.17) is 9.47 Å². The fourth-order valence-corrected chi connectivity index (χ4v) is 3.12. The van der Waals surface area contributed by atoms with E-state index in [2.05, 4.69) is 20.5 Å². The number of aromatic nitrogens is 4. The molecule has 0 spiro atoms. The molecule has 9 heteroatoms. The summed E-state index contributed by atoms with van der Waals surface area (Å²) in [5, 5.41) is 11.5. The molecule has 0 radical (unpaired) electrons. The summed E-state index contributed by atoms with van der Waals surface area (Å²) in [5.74, 6) is 1.38. The van der Waals surface area contributed by atoms with Crippen LogP contribution in [0.2, 0.25) is 0 Å². The van der Waals surface area contributed by atoms with Gasteiger partial charge in [0.1, 0.15) is 12.1 Å². The standard InChI is InChI=1S/C18H19N5O3S/c1-25-15-7-5-14(6-8-15)23-12-21-22-18(23)27-11-16(24)20-10-13-4-3-9-19-17(13)26-2/h3-9,12H,10-11H2,1-2H3,(H,20,24). The van der Waals surface area contributed by atoms with Crippen LogP contribution >= 0.6 is 11.8 Å². The van der Waals surface area contributed by atoms with Gasteiger partial charge in [0, 0.05) is 24.0 Å². The molecule has 2 aromatic heterocycles. The predicted octanol–water partition coefficient (Wildman–Crippen LogP) is 2.09. The van der Waals surface area contributed by atoms with E-state index in [0.717, 1.165) is 17.0 Å². The summed E-state index contributed by atoms with van der Waals surface area (Å²) in [5.41, 5.74) is 1.71. The van der Waals surface area contributed by atoms with Crippen molar-refractivity contribution in [1.82, 2.24) is 25.1 Å². The van der Waals surface area contributed by atoms with Gasteiger partial charge < -0.3 is 14.8 Å². The lowest BCUT2D eigenvalue weighted by Gasteiger charge is -2.09. The molecule has 0 saturated carbocycles. The van der Waals surface area contributed by atoms with E-state index >= 15 is 0 Å². The summed E-state index contributed by atoms with van der Waals surface area (Å²) >= 11 is 1.31. The number of ether oxygens (including phenoxy) is 2. The number of methoxy groups -OCH3 is 2. The van der Waals surface area contributed by atoms with E-state index in [1.54, 1.807) is 32.8 Å². The number of thioether (sulfide) groups is 1. The van der Waals surface area contributed by atoms with Gasteiger partial charge in [0.15, 0.2) is 5.16 Å². The first kappa shape index (κ1) is 18.7. The van der Waals surface area contributed by atoms with Gasteiger partial charge in [0.2, 0.25) is 11.8 Å². The first-order valence-corrected chi connectivity index (χ1v) is 9.11. The van der Waals surface area contributed by atoms with Crippen molar-refractivity contribution in [1.29, 1.82) is 0 Å². The molecule has 1 aromatic carbocycles. The molecule has 2 heterocycles. The van der Waals surface area contributed by atoms with E-state index in [0.29, 0.717) is 17.6 Å². The third kappa shape index (κ3) is 4.76. The second-order valence-corrected chi connectivity index (χ2v) is 6.36. The van der Waals surface area contributed by atoms with Crippen LogP contribution in [0.1, 0.15) is 5.56 Å². The zero-order chi connectivity index (χ0) is 19.1. The van der Waals surface area contributed by atoms with Crippen molar-refractivity contribution >= 4 is 17.7 Å². The van der Waals surface area contributed by atoms with Crippen LogP contribution in [0.5, 0.6) is 11.6 Å². The molecule has 3 aromatic rings. The smallest absolute Gasteiger partial charge is 0.230 e. The largest absolute Gasteiger partial charge is 0.497 e. The van der Waals surface area contributed by atoms with Crippen molar-refractivity contribution in [3.8, 4) is 17.3 Å². The summed E-state index contributed by atoms with van der Waals surface area (Å²) in [7, 11) is 3.17. The average molecular weight is 385 g/mol. The maximum Gasteiger partial charge on any atom is 0.230 e. The number of pyridine rings is 1. The van der Waals surface area contributed by atoms with Gasteiger partial charge in [-0.15, -0.1) is 10.2 Å². The van der Waals surface area contributed by atoms with Crippen molar-refractivity contribution < 1.29 is 14.3 Å². The van der Waals surface area contributed by atoms with Gasteiger partial charge in [-0.25, -0.2) is 4.98 Å². The summed E-state index contributed by atoms with van der Waals surface area (Å²) in [6, 6.07) is 11.2. The van der Waals surface area contributed by atoms with Gasteiger partial charge in [0.25, 0.3) is 0 Å². The first-order valence-electron chi connectivity index (χ1n) is 8.13. The Morgan fingerprint density at radius 2 is 2.00 bits per heavy atom. The minimum absolute atomic E-state index is 0.116. The van der Waals surface area contributed by atoms with Crippen LogP contribution in [-0.4, -0.2) is 45.6 Å². The monoisotopic (exact) mass is 385 g/mol. The van der Waals surface area contributed by atoms with Gasteiger partial charge in [-0.1, -0.05) is 17.8 Å². The zero-order valence-electron chi connectivity index (χ0n) is 15.0. The van der Waals surface area contributed by atoms with Crippen LogP contribution in [0.4, 0.5) is 0 Å². The topological polar surface area (TPSA) is 91.2 Å². The molecule has 0 aliphatic rings. The van der Waals surface area contributed by atoms with Gasteiger partial charge in [-0.05, 0) is 30.3 Å². The maximum absolute atomic E-state index is 12.2. The molecule has 0 atom stereocenters. The quantitative estimate of drug-likeness (QED) is 0.594. The van der Waals surface area contributed by atoms with Crippen molar-refractivity contribution in [2.75, 3.05) is 20.0 Å². The van der Waals surface area contributed by atoms with Crippen LogP contribution in [0, 0.1) is 0 Å². The predicted molar refractivity (Wildman–Crippen MR) is 101 cm³/mol. The molecule has 1 amide bonds. The Labute approximate surface area is 160 Å². The van der Waals surface area contributed by atoms with E-state index in [-0.39, 0.29) is 11.7 Å². The molecule has 1 N–H and O–H groups in total. The lowest BCUT2D eigenvalue weighted by Crippen LogP contribution is -2.25. The van der Waals surface area contributed by atoms with Crippen LogP contribution < -0.4 is 14.8 Å². The molecule has 27 heavy (non-hydrogen) atoms. The van der Waals surface area contributed by atoms with Crippen molar-refractivity contribution in [3.63, 3.8) is 0 Å². The molecule has 8 nitrogen and oxygen atoms in total. The molecular weight excluding hydrogens is 366 g/mol. The third-order valence-corrected chi connectivity index (χ3v) is 4.66. The first-order chi connectivity index (χ1) is 13.2. The number of carbonyl (C=O) groups is 1. The maximum atomic E-state index is 12.2. The van der Waals surface area contributed by atoms with Gasteiger partial charge in [0.05, 0.1) is 20.0 Å². The second-order valence-electron chi connectivity index (χ2n) is 5.42. The van der Waals surface area contributed by atoms with Crippen molar-refractivity contribution in [3.05, 3.63) is 54.5 Å². The van der Waals surface area contributed by atoms with Crippen molar-refractivity contribution in [2.24, 2.45) is 0 Å². The minimum atomic E-state index is -0.116. The summed E-state index contributed by atoms with van der Waals surface area (Å²) in [6.07, 6.45) is 3.26. The van der Waals surface area contributed by atoms with Gasteiger partial charge in [-0.2, -0.15) is 0 Å². The molecular formula is C18H19N5O3S. The molecule has 0 aliphatic heterocycles. The highest BCUT2D eigenvalue weighted by atomic mass is 32.2. The van der Waals surface area contributed by atoms with E-state index in [1.807, 2.05) is 34.9 Å². The molecule has 0 aliphatic carbocycles. The normalized spacial score (nSPS) is 10.4. The van der Waals surface area contributed by atoms with Crippen LogP contribution in [0.15, 0.2) is 54.1 Å². The number of hydrogen-bond donors (Lipinski definition) is 1. The third-order valence-electron chi connectivity index (χ3n) is 3.72. The number of carbonyl (C=O) groups excluding carboxylic acids is 1. The highest BCUT2D eigenvalue weighted by molar-refractivity contribution is 7.99. The van der Waals surface area contributed by atoms with E-state index in [9.17, 15) is 4.79 Å². The molecule has 140 valence electrons. The fourth-order valence-electron chi connectivity index (χ4n) is 2.36. The highest BCUT2D eigenvalue weighted by Gasteiger charge is 2.11. The van der Waals surface area contributed by atoms with E-state index < -0.39 is 0 Å². The number of nitrogens with zero attached hydrogens (tertiary/aromatic N) is 4. The van der Waals surface area contributed by atoms with E-state index in [1.165, 1.54) is 11.8 Å². The SMILES string of the molecule is COc1ccc(-n2cnnc2SCC(=O)NCc2cccnc2OC)cc1. The van der Waals surface area contributed by atoms with Crippen molar-refractivity contribution in [2.45, 2.75) is 11.7 Å². The number of hydrogen-bond acceptors (Lipinski definition) is 7. The number of benzene rings is 1. The number of rotatable bonds is 8. The Morgan fingerprint density at radius 1 is 1.19 bits per heavy atom. The lowest BCUT2D eigenvalue weighted by atomic mass is 10.2. The van der Waals surface area contributed by atoms with Gasteiger partial charge in [-0.3, -0.25) is 9.36 Å². The molecule has 0 fully saturated rings. The average Bonchev–Trinajstić information content (AvgIpc) is 3.19. The zero-order valence-corrected chi connectivity index (χ0v) is 15.8. The Balaban J connectivity index is 1.57. The van der Waals surface area contributed by atoms with Crippen LogP contribution in [-0.2, 0) is 11.3 Å². The molecule has 0 saturated heterocycles. The minimum Gasteiger partial charge on any atom is -0.497 e.